The number of carbonyl (C=O) groups is 1. The third-order valence-corrected chi connectivity index (χ3v) is 4.41. The number of benzene rings is 2. The summed E-state index contributed by atoms with van der Waals surface area (Å²) in [5, 5.41) is 0. The average molecular weight is 409 g/mol. The Bertz CT molecular complexity index is 674. The number of rotatable bonds is 4. The number of halogens is 2. The lowest BCUT2D eigenvalue weighted by molar-refractivity contribution is -0.147. The van der Waals surface area contributed by atoms with E-state index in [0.29, 0.717) is 0 Å². The van der Waals surface area contributed by atoms with Crippen LogP contribution >= 0.6 is 17.0 Å². The van der Waals surface area contributed by atoms with E-state index < -0.39 is 6.04 Å². The molecule has 2 aromatic carbocycles. The van der Waals surface area contributed by atoms with Crippen LogP contribution in [0.15, 0.2) is 54.6 Å². The second kappa shape index (κ2) is 8.97. The zero-order valence-corrected chi connectivity index (χ0v) is 15.8. The molecule has 1 saturated heterocycles. The fourth-order valence-electron chi connectivity index (χ4n) is 3.13. The predicted octanol–water partition coefficient (Wildman–Crippen LogP) is 3.44. The van der Waals surface area contributed by atoms with Gasteiger partial charge >= 0.3 is 5.97 Å². The third kappa shape index (κ3) is 4.58. The van der Waals surface area contributed by atoms with Crippen molar-refractivity contribution in [3.63, 3.8) is 0 Å². The zero-order chi connectivity index (χ0) is 16.9. The van der Waals surface area contributed by atoms with Gasteiger partial charge in [-0.3, -0.25) is 4.90 Å². The molecule has 0 radical (unpaired) electrons. The van der Waals surface area contributed by atoms with Gasteiger partial charge in [-0.1, -0.05) is 30.3 Å². The molecule has 1 fully saturated rings. The summed E-state index contributed by atoms with van der Waals surface area (Å²) < 4.78 is 18.2. The highest BCUT2D eigenvalue weighted by Crippen LogP contribution is 2.25. The Morgan fingerprint density at radius 2 is 1.60 bits per heavy atom. The van der Waals surface area contributed by atoms with Gasteiger partial charge in [0, 0.05) is 31.9 Å². The molecule has 0 spiro atoms. The third-order valence-electron chi connectivity index (χ3n) is 4.41. The topological polar surface area (TPSA) is 32.8 Å². The minimum absolute atomic E-state index is 0. The van der Waals surface area contributed by atoms with Crippen LogP contribution in [0.2, 0.25) is 0 Å². The molecule has 3 rings (SSSR count). The molecule has 4 nitrogen and oxygen atoms in total. The van der Waals surface area contributed by atoms with Crippen molar-refractivity contribution >= 4 is 28.6 Å². The summed E-state index contributed by atoms with van der Waals surface area (Å²) in [6.45, 7) is 3.15. The Labute approximate surface area is 158 Å². The number of para-hydroxylation sites is 1. The van der Waals surface area contributed by atoms with Gasteiger partial charge in [-0.05, 0) is 29.8 Å². The monoisotopic (exact) mass is 408 g/mol. The molecular weight excluding hydrogens is 387 g/mol. The molecule has 25 heavy (non-hydrogen) atoms. The van der Waals surface area contributed by atoms with Crippen LogP contribution in [-0.2, 0) is 9.53 Å². The molecular formula is C19H22BrFN2O2. The molecule has 1 aliphatic heterocycles. The maximum Gasteiger partial charge on any atom is 0.327 e. The maximum atomic E-state index is 13.2. The molecule has 1 atom stereocenters. The van der Waals surface area contributed by atoms with Crippen LogP contribution in [0.1, 0.15) is 11.6 Å². The molecule has 0 amide bonds. The van der Waals surface area contributed by atoms with Gasteiger partial charge in [-0.15, -0.1) is 17.0 Å². The van der Waals surface area contributed by atoms with E-state index in [2.05, 4.69) is 21.9 Å². The minimum atomic E-state index is -0.492. The van der Waals surface area contributed by atoms with Gasteiger partial charge in [0.1, 0.15) is 11.9 Å². The summed E-state index contributed by atoms with van der Waals surface area (Å²) in [4.78, 5) is 16.7. The highest BCUT2D eigenvalue weighted by molar-refractivity contribution is 8.93. The molecule has 134 valence electrons. The van der Waals surface area contributed by atoms with Crippen LogP contribution in [0.4, 0.5) is 10.1 Å². The number of esters is 1. The fraction of sp³-hybridized carbons (Fsp3) is 0.316. The van der Waals surface area contributed by atoms with Crippen molar-refractivity contribution in [1.29, 1.82) is 0 Å². The van der Waals surface area contributed by atoms with E-state index >= 15 is 0 Å². The standard InChI is InChI=1S/C19H21FN2O2.BrH/c1-24-19(23)18(15-7-9-16(20)10-8-15)22-13-11-21(12-14-22)17-5-3-2-4-6-17;/h2-10,18H,11-14H2,1H3;1H. The normalized spacial score (nSPS) is 16.0. The first kappa shape index (κ1) is 19.4. The minimum Gasteiger partial charge on any atom is -0.468 e. The van der Waals surface area contributed by atoms with Crippen LogP contribution < -0.4 is 4.90 Å². The quantitative estimate of drug-likeness (QED) is 0.725. The van der Waals surface area contributed by atoms with Gasteiger partial charge in [-0.25, -0.2) is 9.18 Å². The lowest BCUT2D eigenvalue weighted by Crippen LogP contribution is -2.49. The maximum absolute atomic E-state index is 13.2. The predicted molar refractivity (Wildman–Crippen MR) is 102 cm³/mol. The molecule has 1 heterocycles. The van der Waals surface area contributed by atoms with Crippen LogP contribution in [-0.4, -0.2) is 44.2 Å². The van der Waals surface area contributed by atoms with E-state index in [0.717, 1.165) is 31.7 Å². The fourth-order valence-corrected chi connectivity index (χ4v) is 3.13. The molecule has 0 aliphatic carbocycles. The number of methoxy groups -OCH3 is 1. The first-order valence-electron chi connectivity index (χ1n) is 8.06. The van der Waals surface area contributed by atoms with Gasteiger partial charge < -0.3 is 9.64 Å². The van der Waals surface area contributed by atoms with E-state index in [1.54, 1.807) is 12.1 Å². The molecule has 0 N–H and O–H groups in total. The van der Waals surface area contributed by atoms with Crippen molar-refractivity contribution in [2.45, 2.75) is 6.04 Å². The molecule has 6 heteroatoms. The average Bonchev–Trinajstić information content (AvgIpc) is 2.64. The Kier molecular flexibility index (Phi) is 6.96. The second-order valence-electron chi connectivity index (χ2n) is 5.84. The second-order valence-corrected chi connectivity index (χ2v) is 5.84. The van der Waals surface area contributed by atoms with Crippen molar-refractivity contribution in [1.82, 2.24) is 4.90 Å². The van der Waals surface area contributed by atoms with E-state index in [1.807, 2.05) is 18.2 Å². The van der Waals surface area contributed by atoms with Crippen LogP contribution in [0, 0.1) is 5.82 Å². The Balaban J connectivity index is 0.00000225. The summed E-state index contributed by atoms with van der Waals surface area (Å²) in [7, 11) is 1.39. The Morgan fingerprint density at radius 1 is 1.00 bits per heavy atom. The number of anilines is 1. The van der Waals surface area contributed by atoms with Gasteiger partial charge in [0.2, 0.25) is 0 Å². The van der Waals surface area contributed by atoms with Crippen molar-refractivity contribution in [3.8, 4) is 0 Å². The van der Waals surface area contributed by atoms with Gasteiger partial charge in [-0.2, -0.15) is 0 Å². The molecule has 1 unspecified atom stereocenters. The lowest BCUT2D eigenvalue weighted by Gasteiger charge is -2.39. The van der Waals surface area contributed by atoms with Crippen LogP contribution in [0.3, 0.4) is 0 Å². The number of hydrogen-bond acceptors (Lipinski definition) is 4. The number of nitrogens with zero attached hydrogens (tertiary/aromatic N) is 2. The lowest BCUT2D eigenvalue weighted by atomic mass is 10.0. The highest BCUT2D eigenvalue weighted by Gasteiger charge is 2.31. The first-order valence-corrected chi connectivity index (χ1v) is 8.06. The summed E-state index contributed by atoms with van der Waals surface area (Å²) in [6, 6.07) is 15.8. The SMILES string of the molecule is Br.COC(=O)C(c1ccc(F)cc1)N1CCN(c2ccccc2)CC1. The smallest absolute Gasteiger partial charge is 0.327 e. The number of hydrogen-bond donors (Lipinski definition) is 0. The molecule has 2 aromatic rings. The Hall–Kier alpha value is -1.92. The summed E-state index contributed by atoms with van der Waals surface area (Å²) in [5.41, 5.74) is 1.95. The van der Waals surface area contributed by atoms with E-state index in [9.17, 15) is 9.18 Å². The molecule has 0 bridgehead atoms. The zero-order valence-electron chi connectivity index (χ0n) is 14.1. The van der Waals surface area contributed by atoms with Crippen molar-refractivity contribution < 1.29 is 13.9 Å². The van der Waals surface area contributed by atoms with Crippen molar-refractivity contribution in [2.24, 2.45) is 0 Å². The van der Waals surface area contributed by atoms with Gasteiger partial charge in [0.15, 0.2) is 0 Å². The van der Waals surface area contributed by atoms with Gasteiger partial charge in [0.05, 0.1) is 7.11 Å². The number of piperazine rings is 1. The largest absolute Gasteiger partial charge is 0.468 e. The van der Waals surface area contributed by atoms with Crippen LogP contribution in [0.25, 0.3) is 0 Å². The summed E-state index contributed by atoms with van der Waals surface area (Å²) in [6.07, 6.45) is 0. The molecule has 0 saturated carbocycles. The molecule has 0 aromatic heterocycles. The summed E-state index contributed by atoms with van der Waals surface area (Å²) in [5.74, 6) is -0.619. The highest BCUT2D eigenvalue weighted by atomic mass is 79.9. The first-order chi connectivity index (χ1) is 11.7. The molecule has 1 aliphatic rings. The summed E-state index contributed by atoms with van der Waals surface area (Å²) >= 11 is 0. The number of ether oxygens (including phenoxy) is 1. The van der Waals surface area contributed by atoms with Crippen molar-refractivity contribution in [2.75, 3.05) is 38.2 Å². The van der Waals surface area contributed by atoms with E-state index in [1.165, 1.54) is 24.9 Å². The van der Waals surface area contributed by atoms with Crippen molar-refractivity contribution in [3.05, 3.63) is 66.0 Å². The van der Waals surface area contributed by atoms with E-state index in [-0.39, 0.29) is 28.8 Å². The van der Waals surface area contributed by atoms with Gasteiger partial charge in [0.25, 0.3) is 0 Å². The Morgan fingerprint density at radius 3 is 2.16 bits per heavy atom. The van der Waals surface area contributed by atoms with E-state index in [4.69, 9.17) is 4.74 Å². The number of carbonyl (C=O) groups excluding carboxylic acids is 1. The van der Waals surface area contributed by atoms with Crippen LogP contribution in [0.5, 0.6) is 0 Å².